The maximum atomic E-state index is 4.47. The van der Waals surface area contributed by atoms with Crippen LogP contribution in [0.1, 0.15) is 17.6 Å². The molecule has 0 radical (unpaired) electrons. The number of nitrogens with zero attached hydrogens (tertiary/aromatic N) is 4. The smallest absolute Gasteiger partial charge is 0.127 e. The summed E-state index contributed by atoms with van der Waals surface area (Å²) in [4.78, 5) is 6.91. The zero-order chi connectivity index (χ0) is 12.4. The standard InChI is InChI=1S/C12H18N6/c1-17-6-5-14-12(17)11-8-13-4-7-18(11)9-10-2-3-15-16-10/h2-3,5-6,11,13H,4,7-9H2,1H3,(H,15,16). The van der Waals surface area contributed by atoms with Crippen LogP contribution in [0.5, 0.6) is 0 Å². The van der Waals surface area contributed by atoms with E-state index in [0.717, 1.165) is 37.7 Å². The molecular weight excluding hydrogens is 228 g/mol. The minimum absolute atomic E-state index is 0.321. The lowest BCUT2D eigenvalue weighted by Gasteiger charge is -2.35. The van der Waals surface area contributed by atoms with Crippen LogP contribution in [0.4, 0.5) is 0 Å². The predicted molar refractivity (Wildman–Crippen MR) is 67.8 cm³/mol. The summed E-state index contributed by atoms with van der Waals surface area (Å²) in [5.41, 5.74) is 1.15. The van der Waals surface area contributed by atoms with Crippen molar-refractivity contribution in [3.05, 3.63) is 36.2 Å². The Morgan fingerprint density at radius 2 is 2.39 bits per heavy atom. The highest BCUT2D eigenvalue weighted by Crippen LogP contribution is 2.21. The third-order valence-corrected chi connectivity index (χ3v) is 3.44. The van der Waals surface area contributed by atoms with E-state index in [-0.39, 0.29) is 0 Å². The minimum Gasteiger partial charge on any atom is -0.337 e. The monoisotopic (exact) mass is 246 g/mol. The van der Waals surface area contributed by atoms with Crippen molar-refractivity contribution in [3.63, 3.8) is 0 Å². The van der Waals surface area contributed by atoms with Crippen molar-refractivity contribution in [1.82, 2.24) is 30.0 Å². The Bertz CT molecular complexity index is 488. The van der Waals surface area contributed by atoms with Crippen molar-refractivity contribution < 1.29 is 0 Å². The molecular formula is C12H18N6. The number of aromatic nitrogens is 4. The largest absolute Gasteiger partial charge is 0.337 e. The number of hydrogen-bond acceptors (Lipinski definition) is 4. The quantitative estimate of drug-likeness (QED) is 0.817. The molecule has 0 bridgehead atoms. The third-order valence-electron chi connectivity index (χ3n) is 3.44. The molecule has 0 aliphatic carbocycles. The van der Waals surface area contributed by atoms with Crippen molar-refractivity contribution in [2.24, 2.45) is 7.05 Å². The van der Waals surface area contributed by atoms with Crippen LogP contribution in [0.3, 0.4) is 0 Å². The van der Waals surface area contributed by atoms with E-state index >= 15 is 0 Å². The molecule has 2 aromatic heterocycles. The molecule has 1 fully saturated rings. The number of hydrogen-bond donors (Lipinski definition) is 2. The molecule has 2 N–H and O–H groups in total. The fraction of sp³-hybridized carbons (Fsp3) is 0.500. The van der Waals surface area contributed by atoms with Gasteiger partial charge in [0.15, 0.2) is 0 Å². The van der Waals surface area contributed by atoms with Crippen LogP contribution in [0.25, 0.3) is 0 Å². The highest BCUT2D eigenvalue weighted by Gasteiger charge is 2.26. The summed E-state index contributed by atoms with van der Waals surface area (Å²) >= 11 is 0. The van der Waals surface area contributed by atoms with E-state index in [0.29, 0.717) is 6.04 Å². The van der Waals surface area contributed by atoms with Crippen molar-refractivity contribution in [1.29, 1.82) is 0 Å². The molecule has 1 unspecified atom stereocenters. The van der Waals surface area contributed by atoms with E-state index in [1.807, 2.05) is 25.5 Å². The summed E-state index contributed by atoms with van der Waals surface area (Å²) in [5.74, 6) is 1.11. The van der Waals surface area contributed by atoms with Gasteiger partial charge in [-0.1, -0.05) is 0 Å². The van der Waals surface area contributed by atoms with Crippen LogP contribution < -0.4 is 5.32 Å². The molecule has 1 saturated heterocycles. The fourth-order valence-electron chi connectivity index (χ4n) is 2.48. The molecule has 1 aliphatic rings. The van der Waals surface area contributed by atoms with E-state index in [2.05, 4.69) is 30.0 Å². The van der Waals surface area contributed by atoms with Crippen molar-refractivity contribution >= 4 is 0 Å². The Kier molecular flexibility index (Phi) is 3.12. The number of H-pyrrole nitrogens is 1. The highest BCUT2D eigenvalue weighted by atomic mass is 15.3. The van der Waals surface area contributed by atoms with Gasteiger partial charge in [-0.2, -0.15) is 5.10 Å². The topological polar surface area (TPSA) is 61.8 Å². The lowest BCUT2D eigenvalue weighted by atomic mass is 10.1. The number of aromatic amines is 1. The Hall–Kier alpha value is -1.66. The zero-order valence-electron chi connectivity index (χ0n) is 10.5. The molecule has 18 heavy (non-hydrogen) atoms. The maximum Gasteiger partial charge on any atom is 0.127 e. The predicted octanol–water partition coefficient (Wildman–Crippen LogP) is 0.290. The second-order valence-corrected chi connectivity index (χ2v) is 4.67. The molecule has 6 nitrogen and oxygen atoms in total. The van der Waals surface area contributed by atoms with Gasteiger partial charge in [0.25, 0.3) is 0 Å². The Morgan fingerprint density at radius 1 is 1.44 bits per heavy atom. The maximum absolute atomic E-state index is 4.47. The Labute approximate surface area is 106 Å². The Morgan fingerprint density at radius 3 is 3.11 bits per heavy atom. The average molecular weight is 246 g/mol. The van der Waals surface area contributed by atoms with E-state index < -0.39 is 0 Å². The summed E-state index contributed by atoms with van der Waals surface area (Å²) in [7, 11) is 2.05. The summed E-state index contributed by atoms with van der Waals surface area (Å²) in [5, 5.41) is 10.5. The third kappa shape index (κ3) is 2.16. The number of rotatable bonds is 3. The van der Waals surface area contributed by atoms with Crippen LogP contribution in [0, 0.1) is 0 Å². The van der Waals surface area contributed by atoms with Gasteiger partial charge in [-0.3, -0.25) is 10.00 Å². The molecule has 96 valence electrons. The van der Waals surface area contributed by atoms with Crippen LogP contribution >= 0.6 is 0 Å². The molecule has 0 aromatic carbocycles. The second-order valence-electron chi connectivity index (χ2n) is 4.67. The number of imidazole rings is 1. The summed E-state index contributed by atoms with van der Waals surface area (Å²) in [6.45, 7) is 3.88. The number of piperazine rings is 1. The van der Waals surface area contributed by atoms with Crippen molar-refractivity contribution in [2.75, 3.05) is 19.6 Å². The van der Waals surface area contributed by atoms with Gasteiger partial charge in [0.05, 0.1) is 6.04 Å². The fourth-order valence-corrected chi connectivity index (χ4v) is 2.48. The molecule has 3 heterocycles. The average Bonchev–Trinajstić information content (AvgIpc) is 3.02. The van der Waals surface area contributed by atoms with Crippen molar-refractivity contribution in [2.45, 2.75) is 12.6 Å². The van der Waals surface area contributed by atoms with Gasteiger partial charge in [-0.15, -0.1) is 0 Å². The molecule has 0 saturated carbocycles. The molecule has 1 atom stereocenters. The van der Waals surface area contributed by atoms with E-state index in [1.54, 1.807) is 6.20 Å². The first kappa shape index (κ1) is 11.4. The first-order chi connectivity index (χ1) is 8.84. The number of aryl methyl sites for hydroxylation is 1. The van der Waals surface area contributed by atoms with Gasteiger partial charge >= 0.3 is 0 Å². The van der Waals surface area contributed by atoms with Crippen LogP contribution in [-0.2, 0) is 13.6 Å². The van der Waals surface area contributed by atoms with E-state index in [9.17, 15) is 0 Å². The van der Waals surface area contributed by atoms with Crippen LogP contribution in [-0.4, -0.2) is 44.3 Å². The molecule has 6 heteroatoms. The minimum atomic E-state index is 0.321. The van der Waals surface area contributed by atoms with Gasteiger partial charge in [-0.25, -0.2) is 4.98 Å². The van der Waals surface area contributed by atoms with Gasteiger partial charge in [-0.05, 0) is 6.07 Å². The lowest BCUT2D eigenvalue weighted by Crippen LogP contribution is -2.46. The van der Waals surface area contributed by atoms with Gasteiger partial charge in [0.1, 0.15) is 5.82 Å². The highest BCUT2D eigenvalue weighted by molar-refractivity contribution is 5.05. The molecule has 1 aliphatic heterocycles. The van der Waals surface area contributed by atoms with Gasteiger partial charge in [0.2, 0.25) is 0 Å². The lowest BCUT2D eigenvalue weighted by molar-refractivity contribution is 0.143. The van der Waals surface area contributed by atoms with Gasteiger partial charge < -0.3 is 9.88 Å². The Balaban J connectivity index is 1.80. The zero-order valence-corrected chi connectivity index (χ0v) is 10.5. The first-order valence-corrected chi connectivity index (χ1v) is 6.25. The van der Waals surface area contributed by atoms with Crippen LogP contribution in [0.15, 0.2) is 24.7 Å². The normalized spacial score (nSPS) is 21.3. The summed E-state index contributed by atoms with van der Waals surface area (Å²) < 4.78 is 2.09. The molecule has 0 spiro atoms. The SMILES string of the molecule is Cn1ccnc1C1CNCCN1Cc1ccn[nH]1. The molecule has 3 rings (SSSR count). The number of nitrogens with one attached hydrogen (secondary N) is 2. The second kappa shape index (κ2) is 4.91. The first-order valence-electron chi connectivity index (χ1n) is 6.25. The molecule has 0 amide bonds. The van der Waals surface area contributed by atoms with Crippen LogP contribution in [0.2, 0.25) is 0 Å². The van der Waals surface area contributed by atoms with E-state index in [4.69, 9.17) is 0 Å². The summed E-state index contributed by atoms with van der Waals surface area (Å²) in [6, 6.07) is 2.35. The van der Waals surface area contributed by atoms with E-state index in [1.165, 1.54) is 0 Å². The van der Waals surface area contributed by atoms with Crippen molar-refractivity contribution in [3.8, 4) is 0 Å². The summed E-state index contributed by atoms with van der Waals surface area (Å²) in [6.07, 6.45) is 5.66. The molecule has 2 aromatic rings. The van der Waals surface area contributed by atoms with Gasteiger partial charge in [0, 0.05) is 57.5 Å².